The van der Waals surface area contributed by atoms with Gasteiger partial charge in [-0.15, -0.1) is 0 Å². The number of hydrogen-bond donors (Lipinski definition) is 3. The minimum Gasteiger partial charge on any atom is -0.480 e. The molecule has 0 aromatic heterocycles. The third kappa shape index (κ3) is 4.69. The number of rotatable bonds is 6. The van der Waals surface area contributed by atoms with Crippen molar-refractivity contribution in [2.75, 3.05) is 17.3 Å². The molecule has 0 fully saturated rings. The van der Waals surface area contributed by atoms with Gasteiger partial charge in [0.25, 0.3) is 0 Å². The molecule has 0 saturated heterocycles. The van der Waals surface area contributed by atoms with E-state index in [9.17, 15) is 18.4 Å². The molecule has 5 nitrogen and oxygen atoms in total. The van der Waals surface area contributed by atoms with Crippen LogP contribution in [0.2, 0.25) is 0 Å². The molecule has 110 valence electrons. The fraction of sp³-hybridized carbons (Fsp3) is 0.333. The largest absolute Gasteiger partial charge is 0.480 e. The van der Waals surface area contributed by atoms with Crippen LogP contribution in [-0.2, 0) is 4.79 Å². The first-order valence-electron chi connectivity index (χ1n) is 5.69. The van der Waals surface area contributed by atoms with E-state index in [-0.39, 0.29) is 12.1 Å². The first-order chi connectivity index (χ1) is 9.45. The van der Waals surface area contributed by atoms with Gasteiger partial charge in [-0.2, -0.15) is 11.8 Å². The fourth-order valence-corrected chi connectivity index (χ4v) is 1.88. The number of carbonyl (C=O) groups is 2. The number of carboxylic acid groups (broad SMARTS) is 1. The van der Waals surface area contributed by atoms with Crippen molar-refractivity contribution in [3.8, 4) is 0 Å². The number of halogens is 2. The highest BCUT2D eigenvalue weighted by molar-refractivity contribution is 7.98. The summed E-state index contributed by atoms with van der Waals surface area (Å²) in [6, 6.07) is 1.34. The number of carbonyl (C=O) groups excluding carboxylic acids is 1. The topological polar surface area (TPSA) is 78.4 Å². The van der Waals surface area contributed by atoms with Crippen LogP contribution < -0.4 is 10.6 Å². The van der Waals surface area contributed by atoms with Crippen LogP contribution in [0, 0.1) is 11.6 Å². The maximum atomic E-state index is 13.3. The molecule has 0 spiro atoms. The summed E-state index contributed by atoms with van der Waals surface area (Å²) in [5.74, 6) is -2.93. The van der Waals surface area contributed by atoms with Crippen molar-refractivity contribution in [1.29, 1.82) is 0 Å². The summed E-state index contributed by atoms with van der Waals surface area (Å²) in [5, 5.41) is 13.2. The summed E-state index contributed by atoms with van der Waals surface area (Å²) in [6.07, 6.45) is 2.04. The Morgan fingerprint density at radius 2 is 2.10 bits per heavy atom. The number of benzene rings is 1. The lowest BCUT2D eigenvalue weighted by atomic mass is 10.2. The number of thioether (sulfide) groups is 1. The van der Waals surface area contributed by atoms with Crippen molar-refractivity contribution in [2.24, 2.45) is 0 Å². The van der Waals surface area contributed by atoms with E-state index < -0.39 is 29.7 Å². The molecule has 0 heterocycles. The van der Waals surface area contributed by atoms with Gasteiger partial charge in [0.15, 0.2) is 11.6 Å². The molecule has 1 aromatic rings. The Morgan fingerprint density at radius 1 is 1.40 bits per heavy atom. The van der Waals surface area contributed by atoms with E-state index in [0.29, 0.717) is 5.75 Å². The Bertz CT molecular complexity index is 500. The molecular weight excluding hydrogens is 290 g/mol. The predicted octanol–water partition coefficient (Wildman–Crippen LogP) is 2.29. The van der Waals surface area contributed by atoms with E-state index in [1.165, 1.54) is 23.9 Å². The molecule has 1 aromatic carbocycles. The molecule has 0 bridgehead atoms. The normalized spacial score (nSPS) is 11.8. The second kappa shape index (κ2) is 7.68. The molecule has 0 aliphatic heterocycles. The molecule has 1 rings (SSSR count). The van der Waals surface area contributed by atoms with Crippen molar-refractivity contribution in [3.63, 3.8) is 0 Å². The van der Waals surface area contributed by atoms with Crippen molar-refractivity contribution in [3.05, 3.63) is 29.8 Å². The second-order valence-corrected chi connectivity index (χ2v) is 4.86. The second-order valence-electron chi connectivity index (χ2n) is 3.87. The van der Waals surface area contributed by atoms with Gasteiger partial charge in [0, 0.05) is 0 Å². The van der Waals surface area contributed by atoms with Gasteiger partial charge in [-0.3, -0.25) is 0 Å². The summed E-state index contributed by atoms with van der Waals surface area (Å²) in [7, 11) is 0. The lowest BCUT2D eigenvalue weighted by Crippen LogP contribution is -2.43. The summed E-state index contributed by atoms with van der Waals surface area (Å²) < 4.78 is 26.3. The fourth-order valence-electron chi connectivity index (χ4n) is 1.41. The average molecular weight is 304 g/mol. The molecule has 0 saturated carbocycles. The van der Waals surface area contributed by atoms with Gasteiger partial charge in [-0.05, 0) is 30.6 Å². The third-order valence-electron chi connectivity index (χ3n) is 2.41. The minimum absolute atomic E-state index is 0.232. The van der Waals surface area contributed by atoms with Gasteiger partial charge >= 0.3 is 12.0 Å². The van der Waals surface area contributed by atoms with Crippen molar-refractivity contribution in [2.45, 2.75) is 12.5 Å². The highest BCUT2D eigenvalue weighted by Crippen LogP contribution is 2.16. The monoisotopic (exact) mass is 304 g/mol. The lowest BCUT2D eigenvalue weighted by molar-refractivity contribution is -0.139. The average Bonchev–Trinajstić information content (AvgIpc) is 2.39. The van der Waals surface area contributed by atoms with E-state index in [1.807, 2.05) is 0 Å². The maximum Gasteiger partial charge on any atom is 0.326 e. The summed E-state index contributed by atoms with van der Waals surface area (Å²) in [6.45, 7) is 0. The zero-order valence-corrected chi connectivity index (χ0v) is 11.5. The van der Waals surface area contributed by atoms with Crippen molar-refractivity contribution >= 4 is 29.4 Å². The number of carboxylic acids is 1. The van der Waals surface area contributed by atoms with E-state index in [1.54, 1.807) is 6.26 Å². The Morgan fingerprint density at radius 3 is 2.70 bits per heavy atom. The number of amides is 2. The Labute approximate surface area is 118 Å². The standard InChI is InChI=1S/C12H14F2N2O3S/c1-20-6-5-9(11(17)18)16-12(19)15-8-4-2-3-7(13)10(8)14/h2-4,9H,5-6H2,1H3,(H,17,18)(H2,15,16,19)/t9-/m0/s1. The van der Waals surface area contributed by atoms with Crippen LogP contribution in [0.4, 0.5) is 19.3 Å². The SMILES string of the molecule is CSCC[C@H](NC(=O)Nc1cccc(F)c1F)C(=O)O. The van der Waals surface area contributed by atoms with Gasteiger partial charge in [-0.1, -0.05) is 6.07 Å². The first-order valence-corrected chi connectivity index (χ1v) is 7.08. The minimum atomic E-state index is -1.20. The smallest absolute Gasteiger partial charge is 0.326 e. The van der Waals surface area contributed by atoms with Gasteiger partial charge in [0.05, 0.1) is 5.69 Å². The number of anilines is 1. The Balaban J connectivity index is 2.66. The highest BCUT2D eigenvalue weighted by atomic mass is 32.2. The zero-order chi connectivity index (χ0) is 15.1. The van der Waals surface area contributed by atoms with Crippen LogP contribution in [0.5, 0.6) is 0 Å². The number of urea groups is 1. The molecule has 0 aliphatic rings. The van der Waals surface area contributed by atoms with Crippen molar-refractivity contribution < 1.29 is 23.5 Å². The van der Waals surface area contributed by atoms with Crippen LogP contribution in [0.1, 0.15) is 6.42 Å². The van der Waals surface area contributed by atoms with E-state index in [4.69, 9.17) is 5.11 Å². The van der Waals surface area contributed by atoms with Crippen LogP contribution in [0.3, 0.4) is 0 Å². The molecular formula is C12H14F2N2O3S. The number of nitrogens with one attached hydrogen (secondary N) is 2. The summed E-state index contributed by atoms with van der Waals surface area (Å²) in [5.41, 5.74) is -0.350. The molecule has 20 heavy (non-hydrogen) atoms. The quantitative estimate of drug-likeness (QED) is 0.753. The molecule has 1 atom stereocenters. The molecule has 2 amide bonds. The van der Waals surface area contributed by atoms with E-state index in [0.717, 1.165) is 6.07 Å². The van der Waals surface area contributed by atoms with Crippen LogP contribution in [0.15, 0.2) is 18.2 Å². The van der Waals surface area contributed by atoms with Gasteiger partial charge in [0.2, 0.25) is 0 Å². The van der Waals surface area contributed by atoms with Crippen LogP contribution >= 0.6 is 11.8 Å². The lowest BCUT2D eigenvalue weighted by Gasteiger charge is -2.15. The van der Waals surface area contributed by atoms with E-state index in [2.05, 4.69) is 10.6 Å². The Kier molecular flexibility index (Phi) is 6.23. The highest BCUT2D eigenvalue weighted by Gasteiger charge is 2.20. The maximum absolute atomic E-state index is 13.3. The molecule has 3 N–H and O–H groups in total. The molecule has 8 heteroatoms. The van der Waals surface area contributed by atoms with Crippen molar-refractivity contribution in [1.82, 2.24) is 5.32 Å². The zero-order valence-electron chi connectivity index (χ0n) is 10.7. The number of aliphatic carboxylic acids is 1. The van der Waals surface area contributed by atoms with Crippen LogP contribution in [0.25, 0.3) is 0 Å². The predicted molar refractivity (Wildman–Crippen MR) is 72.9 cm³/mol. The third-order valence-corrected chi connectivity index (χ3v) is 3.06. The Hall–Kier alpha value is -1.83. The van der Waals surface area contributed by atoms with Gasteiger partial charge < -0.3 is 15.7 Å². The van der Waals surface area contributed by atoms with Gasteiger partial charge in [0.1, 0.15) is 6.04 Å². The summed E-state index contributed by atoms with van der Waals surface area (Å²) in [4.78, 5) is 22.5. The van der Waals surface area contributed by atoms with Gasteiger partial charge in [-0.25, -0.2) is 18.4 Å². The number of hydrogen-bond acceptors (Lipinski definition) is 3. The summed E-state index contributed by atoms with van der Waals surface area (Å²) >= 11 is 1.44. The molecule has 0 aliphatic carbocycles. The first kappa shape index (κ1) is 16.2. The molecule has 0 unspecified atom stereocenters. The molecule has 0 radical (unpaired) electrons. The van der Waals surface area contributed by atoms with E-state index >= 15 is 0 Å². The van der Waals surface area contributed by atoms with Crippen LogP contribution in [-0.4, -0.2) is 35.2 Å².